The summed E-state index contributed by atoms with van der Waals surface area (Å²) in [5.74, 6) is 0.721. The Hall–Kier alpha value is -3.78. The maximum atomic E-state index is 10.2. The average molecular weight is 535 g/mol. The van der Waals surface area contributed by atoms with Crippen LogP contribution in [0.3, 0.4) is 0 Å². The van der Waals surface area contributed by atoms with E-state index in [0.29, 0.717) is 11.4 Å². The van der Waals surface area contributed by atoms with Crippen molar-refractivity contribution in [2.75, 3.05) is 5.01 Å². The first kappa shape index (κ1) is 24.9. The predicted octanol–water partition coefficient (Wildman–Crippen LogP) is 4.90. The number of rotatable bonds is 4. The number of aliphatic hydroxyl groups is 2. The fourth-order valence-corrected chi connectivity index (χ4v) is 4.54. The number of pyridine rings is 2. The van der Waals surface area contributed by atoms with Gasteiger partial charge >= 0.3 is 0 Å². The summed E-state index contributed by atoms with van der Waals surface area (Å²) >= 11 is 13.0. The van der Waals surface area contributed by atoms with E-state index in [1.54, 1.807) is 18.3 Å². The molecule has 0 radical (unpaired) electrons. The van der Waals surface area contributed by atoms with Gasteiger partial charge in [-0.2, -0.15) is 10.4 Å². The van der Waals surface area contributed by atoms with Crippen LogP contribution in [0.1, 0.15) is 11.3 Å². The van der Waals surface area contributed by atoms with Gasteiger partial charge in [-0.3, -0.25) is 4.98 Å². The molecule has 3 N–H and O–H groups in total. The van der Waals surface area contributed by atoms with Gasteiger partial charge in [0.25, 0.3) is 0 Å². The van der Waals surface area contributed by atoms with Crippen molar-refractivity contribution in [1.29, 1.82) is 5.26 Å². The molecule has 2 aromatic carbocycles. The molecule has 0 bridgehead atoms. The molecular weight excluding hydrogens is 515 g/mol. The molecule has 3 heterocycles. The molecule has 1 aliphatic rings. The van der Waals surface area contributed by atoms with Gasteiger partial charge in [0.05, 0.1) is 26.9 Å². The molecule has 0 amide bonds. The molecule has 0 saturated carbocycles. The molecule has 11 heteroatoms. The zero-order chi connectivity index (χ0) is 26.3. The topological polar surface area (TPSA) is 127 Å². The van der Waals surface area contributed by atoms with Crippen molar-refractivity contribution in [2.45, 2.75) is 26.4 Å². The third-order valence-corrected chi connectivity index (χ3v) is 6.34. The number of nitrogens with one attached hydrogen (secondary N) is 1. The molecule has 4 aromatic rings. The van der Waals surface area contributed by atoms with Gasteiger partial charge in [-0.25, -0.2) is 15.3 Å². The van der Waals surface area contributed by atoms with E-state index >= 15 is 0 Å². The van der Waals surface area contributed by atoms with Crippen LogP contribution < -0.4 is 15.1 Å². The molecule has 9 nitrogen and oxygen atoms in total. The molecule has 186 valence electrons. The summed E-state index contributed by atoms with van der Waals surface area (Å²) < 4.78 is 6.04. The number of benzene rings is 2. The first-order chi connectivity index (χ1) is 17.7. The number of nitrogens with zero attached hydrogens (tertiary/aromatic N) is 5. The van der Waals surface area contributed by atoms with Crippen molar-refractivity contribution in [2.24, 2.45) is 5.10 Å². The second-order valence-electron chi connectivity index (χ2n) is 8.41. The van der Waals surface area contributed by atoms with Gasteiger partial charge in [-0.1, -0.05) is 23.2 Å². The Bertz CT molecular complexity index is 1580. The van der Waals surface area contributed by atoms with Crippen LogP contribution in [-0.2, 0) is 0 Å². The Morgan fingerprint density at radius 1 is 1.05 bits per heavy atom. The van der Waals surface area contributed by atoms with E-state index in [0.717, 1.165) is 38.4 Å². The highest BCUT2D eigenvalue weighted by Gasteiger charge is 2.29. The molecule has 2 atom stereocenters. The summed E-state index contributed by atoms with van der Waals surface area (Å²) in [6.07, 6.45) is -1.02. The third-order valence-electron chi connectivity index (χ3n) is 5.77. The Morgan fingerprint density at radius 2 is 1.81 bits per heavy atom. The normalized spacial score (nSPS) is 17.4. The standard InChI is InChI=1S/C26H20Cl2N6O3/c1-13-7-22(15-5-6-30-14(2)8-15)31-21-4-3-17(11-18(13)21)37-24-19(27)9-16(10-20(24)28)34-26(36)32-25(35)23(12-29)33-34/h3-11,25-26,32,35-36H,1-2H3. The first-order valence-electron chi connectivity index (χ1n) is 11.1. The van der Waals surface area contributed by atoms with E-state index in [9.17, 15) is 10.2 Å². The quantitative estimate of drug-likeness (QED) is 0.337. The van der Waals surface area contributed by atoms with Crippen molar-refractivity contribution >= 4 is 45.5 Å². The van der Waals surface area contributed by atoms with Gasteiger partial charge in [0.2, 0.25) is 6.35 Å². The minimum Gasteiger partial charge on any atom is -0.454 e. The van der Waals surface area contributed by atoms with Crippen molar-refractivity contribution in [1.82, 2.24) is 15.3 Å². The summed E-state index contributed by atoms with van der Waals surface area (Å²) in [4.78, 5) is 9.04. The zero-order valence-corrected chi connectivity index (χ0v) is 21.2. The first-order valence-corrected chi connectivity index (χ1v) is 11.9. The van der Waals surface area contributed by atoms with E-state index < -0.39 is 12.6 Å². The molecule has 2 aromatic heterocycles. The Balaban J connectivity index is 1.45. The highest BCUT2D eigenvalue weighted by molar-refractivity contribution is 6.37. The largest absolute Gasteiger partial charge is 0.454 e. The number of hydrogen-bond donors (Lipinski definition) is 3. The summed E-state index contributed by atoms with van der Waals surface area (Å²) in [5.41, 5.74) is 4.67. The smallest absolute Gasteiger partial charge is 0.206 e. The summed E-state index contributed by atoms with van der Waals surface area (Å²) in [5, 5.41) is 37.8. The number of halogens is 2. The molecule has 0 saturated heterocycles. The second-order valence-corrected chi connectivity index (χ2v) is 9.23. The van der Waals surface area contributed by atoms with Crippen LogP contribution in [0, 0.1) is 25.2 Å². The molecule has 0 aliphatic carbocycles. The average Bonchev–Trinajstić information content (AvgIpc) is 2.86. The Labute approximate surface area is 222 Å². The maximum Gasteiger partial charge on any atom is 0.206 e. The lowest BCUT2D eigenvalue weighted by molar-refractivity contribution is 0.0631. The van der Waals surface area contributed by atoms with Gasteiger partial charge in [0.1, 0.15) is 11.8 Å². The van der Waals surface area contributed by atoms with E-state index in [1.165, 1.54) is 12.1 Å². The van der Waals surface area contributed by atoms with Gasteiger partial charge in [-0.05, 0) is 67.9 Å². The fourth-order valence-electron chi connectivity index (χ4n) is 3.98. The highest BCUT2D eigenvalue weighted by Crippen LogP contribution is 2.41. The van der Waals surface area contributed by atoms with Crippen LogP contribution in [-0.4, -0.2) is 38.5 Å². The van der Waals surface area contributed by atoms with Crippen LogP contribution in [0.15, 0.2) is 59.8 Å². The van der Waals surface area contributed by atoms with Crippen LogP contribution in [0.5, 0.6) is 11.5 Å². The van der Waals surface area contributed by atoms with Gasteiger partial charge < -0.3 is 14.9 Å². The number of fused-ring (bicyclic) bond motifs is 1. The fraction of sp³-hybridized carbons (Fsp3) is 0.154. The monoisotopic (exact) mass is 534 g/mol. The van der Waals surface area contributed by atoms with Crippen LogP contribution >= 0.6 is 23.2 Å². The number of hydrogen-bond acceptors (Lipinski definition) is 9. The molecule has 0 fully saturated rings. The van der Waals surface area contributed by atoms with Crippen LogP contribution in [0.25, 0.3) is 22.2 Å². The number of hydrazone groups is 1. The lowest BCUT2D eigenvalue weighted by Gasteiger charge is -2.32. The minimum absolute atomic E-state index is 0.160. The number of aryl methyl sites for hydroxylation is 2. The Morgan fingerprint density at radius 3 is 2.51 bits per heavy atom. The number of nitriles is 1. The van der Waals surface area contributed by atoms with Gasteiger partial charge in [0, 0.05) is 22.8 Å². The van der Waals surface area contributed by atoms with Crippen molar-refractivity contribution in [3.05, 3.63) is 76.0 Å². The summed E-state index contributed by atoms with van der Waals surface area (Å²) in [6.45, 7) is 3.95. The van der Waals surface area contributed by atoms with Crippen molar-refractivity contribution in [3.63, 3.8) is 0 Å². The maximum absolute atomic E-state index is 10.2. The SMILES string of the molecule is Cc1cc(-c2cc(C)c3cc(Oc4c(Cl)cc(N5N=C(C#N)C(O)NC5O)cc4Cl)ccc3n2)ccn1. The highest BCUT2D eigenvalue weighted by atomic mass is 35.5. The predicted molar refractivity (Wildman–Crippen MR) is 142 cm³/mol. The van der Waals surface area contributed by atoms with Crippen molar-refractivity contribution < 1.29 is 14.9 Å². The summed E-state index contributed by atoms with van der Waals surface area (Å²) in [6, 6.07) is 16.2. The van der Waals surface area contributed by atoms with E-state index in [-0.39, 0.29) is 21.5 Å². The molecular formula is C26H20Cl2N6O3. The van der Waals surface area contributed by atoms with E-state index in [2.05, 4.69) is 15.4 Å². The number of aromatic nitrogens is 2. The molecule has 1 aliphatic heterocycles. The van der Waals surface area contributed by atoms with Crippen molar-refractivity contribution in [3.8, 4) is 28.8 Å². The minimum atomic E-state index is -1.40. The molecule has 5 rings (SSSR count). The summed E-state index contributed by atoms with van der Waals surface area (Å²) in [7, 11) is 0. The molecule has 2 unspecified atom stereocenters. The van der Waals surface area contributed by atoms with E-state index in [1.807, 2.05) is 44.2 Å². The number of ether oxygens (including phenoxy) is 1. The van der Waals surface area contributed by atoms with E-state index in [4.69, 9.17) is 38.2 Å². The molecule has 0 spiro atoms. The van der Waals surface area contributed by atoms with Gasteiger partial charge in [0.15, 0.2) is 17.7 Å². The van der Waals surface area contributed by atoms with Gasteiger partial charge in [-0.15, -0.1) is 0 Å². The number of anilines is 1. The third kappa shape index (κ3) is 4.93. The Kier molecular flexibility index (Phi) is 6.69. The second kappa shape index (κ2) is 9.94. The molecule has 37 heavy (non-hydrogen) atoms. The lowest BCUT2D eigenvalue weighted by Crippen LogP contribution is -2.55. The van der Waals surface area contributed by atoms with Crippen LogP contribution in [0.4, 0.5) is 5.69 Å². The zero-order valence-electron chi connectivity index (χ0n) is 19.6. The number of aliphatic hydroxyl groups excluding tert-OH is 2. The lowest BCUT2D eigenvalue weighted by atomic mass is 10.1. The van der Waals surface area contributed by atoms with Crippen LogP contribution in [0.2, 0.25) is 10.0 Å².